The first kappa shape index (κ1) is 19.4. The number of ether oxygens (including phenoxy) is 2. The van der Waals surface area contributed by atoms with Crippen LogP contribution in [0.1, 0.15) is 5.56 Å². The van der Waals surface area contributed by atoms with Crippen LogP contribution >= 0.6 is 11.3 Å². The predicted molar refractivity (Wildman–Crippen MR) is 110 cm³/mol. The maximum atomic E-state index is 12.5. The molecule has 0 saturated carbocycles. The van der Waals surface area contributed by atoms with E-state index in [0.29, 0.717) is 28.4 Å². The summed E-state index contributed by atoms with van der Waals surface area (Å²) < 4.78 is 36.8. The number of carbonyl (C=O) groups excluding carboxylic acids is 1. The summed E-state index contributed by atoms with van der Waals surface area (Å²) in [6.45, 7) is 4.47. The number of aromatic nitrogens is 1. The monoisotopic (exact) mass is 430 g/mol. The molecule has 29 heavy (non-hydrogen) atoms. The van der Waals surface area contributed by atoms with Crippen LogP contribution in [0.15, 0.2) is 58.9 Å². The van der Waals surface area contributed by atoms with E-state index < -0.39 is 9.84 Å². The van der Waals surface area contributed by atoms with Gasteiger partial charge in [0.2, 0.25) is 6.79 Å². The van der Waals surface area contributed by atoms with Gasteiger partial charge < -0.3 is 14.0 Å². The quantitative estimate of drug-likeness (QED) is 0.581. The number of carbonyl (C=O) groups is 1. The normalized spacial score (nSPS) is 13.8. The highest BCUT2D eigenvalue weighted by molar-refractivity contribution is 7.90. The molecule has 0 unspecified atom stereocenters. The van der Waals surface area contributed by atoms with Gasteiger partial charge in [-0.2, -0.15) is 4.99 Å². The van der Waals surface area contributed by atoms with Crippen LogP contribution in [0.2, 0.25) is 0 Å². The summed E-state index contributed by atoms with van der Waals surface area (Å²) in [5, 5.41) is 0. The average molecular weight is 431 g/mol. The first-order chi connectivity index (χ1) is 13.8. The molecular formula is C20H18N2O5S2. The van der Waals surface area contributed by atoms with Gasteiger partial charge in [0, 0.05) is 24.9 Å². The fourth-order valence-corrected chi connectivity index (χ4v) is 4.72. The molecule has 1 amide bonds. The van der Waals surface area contributed by atoms with Gasteiger partial charge in [0.05, 0.1) is 21.5 Å². The zero-order valence-electron chi connectivity index (χ0n) is 15.6. The van der Waals surface area contributed by atoms with E-state index in [-0.39, 0.29) is 24.0 Å². The van der Waals surface area contributed by atoms with Crippen molar-refractivity contribution in [3.63, 3.8) is 0 Å². The summed E-state index contributed by atoms with van der Waals surface area (Å²) in [6, 6.07) is 10.0. The standard InChI is InChI=1S/C20H18N2O5S2/c1-3-8-22-15-10-16-17(27-12-26-16)11-18(15)28-20(22)21-19(23)9-13-4-6-14(7-5-13)29(2,24)25/h3-7,10-11H,1,8-9,12H2,2H3. The number of rotatable bonds is 5. The summed E-state index contributed by atoms with van der Waals surface area (Å²) in [6.07, 6.45) is 2.97. The molecule has 150 valence electrons. The molecule has 0 saturated heterocycles. The number of benzene rings is 2. The average Bonchev–Trinajstić information content (AvgIpc) is 3.24. The predicted octanol–water partition coefficient (Wildman–Crippen LogP) is 2.69. The summed E-state index contributed by atoms with van der Waals surface area (Å²) in [4.78, 5) is 17.6. The SMILES string of the molecule is C=CCn1c(=NC(=O)Cc2ccc(S(C)(=O)=O)cc2)sc2cc3c(cc21)OCO3. The largest absolute Gasteiger partial charge is 0.454 e. The second-order valence-corrected chi connectivity index (χ2v) is 9.58. The molecule has 0 atom stereocenters. The maximum absolute atomic E-state index is 12.5. The highest BCUT2D eigenvalue weighted by Crippen LogP contribution is 2.36. The molecule has 1 aliphatic heterocycles. The van der Waals surface area contributed by atoms with Crippen LogP contribution < -0.4 is 14.3 Å². The number of thiazole rings is 1. The van der Waals surface area contributed by atoms with Crippen molar-refractivity contribution in [1.82, 2.24) is 4.57 Å². The van der Waals surface area contributed by atoms with Gasteiger partial charge in [0.1, 0.15) is 0 Å². The highest BCUT2D eigenvalue weighted by atomic mass is 32.2. The summed E-state index contributed by atoms with van der Waals surface area (Å²) in [5.41, 5.74) is 1.59. The van der Waals surface area contributed by atoms with Crippen LogP contribution in [0, 0.1) is 0 Å². The van der Waals surface area contributed by atoms with Gasteiger partial charge in [-0.15, -0.1) is 6.58 Å². The van der Waals surface area contributed by atoms with Crippen molar-refractivity contribution in [3.05, 3.63) is 59.4 Å². The number of nitrogens with zero attached hydrogens (tertiary/aromatic N) is 2. The maximum Gasteiger partial charge on any atom is 0.252 e. The van der Waals surface area contributed by atoms with Gasteiger partial charge in [-0.25, -0.2) is 8.42 Å². The van der Waals surface area contributed by atoms with Crippen LogP contribution in [-0.2, 0) is 27.6 Å². The van der Waals surface area contributed by atoms with E-state index in [1.807, 2.05) is 16.7 Å². The van der Waals surface area contributed by atoms with Crippen LogP contribution in [-0.4, -0.2) is 31.9 Å². The van der Waals surface area contributed by atoms with E-state index in [4.69, 9.17) is 9.47 Å². The van der Waals surface area contributed by atoms with E-state index in [9.17, 15) is 13.2 Å². The first-order valence-corrected chi connectivity index (χ1v) is 11.5. The minimum Gasteiger partial charge on any atom is -0.454 e. The van der Waals surface area contributed by atoms with Crippen LogP contribution in [0.3, 0.4) is 0 Å². The van der Waals surface area contributed by atoms with Crippen molar-refractivity contribution in [2.24, 2.45) is 4.99 Å². The molecule has 3 aromatic rings. The number of sulfone groups is 1. The third kappa shape index (κ3) is 3.96. The van der Waals surface area contributed by atoms with Gasteiger partial charge >= 0.3 is 0 Å². The van der Waals surface area contributed by atoms with Crippen molar-refractivity contribution in [1.29, 1.82) is 0 Å². The fraction of sp³-hybridized carbons (Fsp3) is 0.200. The van der Waals surface area contributed by atoms with Crippen molar-refractivity contribution < 1.29 is 22.7 Å². The van der Waals surface area contributed by atoms with Crippen molar-refractivity contribution in [3.8, 4) is 11.5 Å². The van der Waals surface area contributed by atoms with Gasteiger partial charge in [0.25, 0.3) is 5.91 Å². The third-order valence-corrected chi connectivity index (χ3v) is 6.59. The van der Waals surface area contributed by atoms with E-state index in [2.05, 4.69) is 11.6 Å². The van der Waals surface area contributed by atoms with Crippen LogP contribution in [0.5, 0.6) is 11.5 Å². The second-order valence-electron chi connectivity index (χ2n) is 6.56. The third-order valence-electron chi connectivity index (χ3n) is 4.42. The Labute approximate surface area is 171 Å². The smallest absolute Gasteiger partial charge is 0.252 e. The molecule has 0 fully saturated rings. The zero-order valence-corrected chi connectivity index (χ0v) is 17.3. The second kappa shape index (κ2) is 7.49. The number of fused-ring (bicyclic) bond motifs is 2. The Balaban J connectivity index is 1.67. The fourth-order valence-electron chi connectivity index (χ4n) is 3.03. The van der Waals surface area contributed by atoms with E-state index >= 15 is 0 Å². The molecule has 1 aliphatic rings. The van der Waals surface area contributed by atoms with E-state index in [0.717, 1.165) is 16.5 Å². The lowest BCUT2D eigenvalue weighted by Crippen LogP contribution is -2.17. The van der Waals surface area contributed by atoms with Gasteiger partial charge in [-0.1, -0.05) is 29.5 Å². The van der Waals surface area contributed by atoms with E-state index in [1.54, 1.807) is 18.2 Å². The van der Waals surface area contributed by atoms with Gasteiger partial charge in [-0.3, -0.25) is 4.79 Å². The Bertz CT molecular complexity index is 1280. The minimum atomic E-state index is -3.27. The number of hydrogen-bond acceptors (Lipinski definition) is 6. The van der Waals surface area contributed by atoms with Crippen LogP contribution in [0.25, 0.3) is 10.2 Å². The molecule has 9 heteroatoms. The Morgan fingerprint density at radius 2 is 1.93 bits per heavy atom. The lowest BCUT2D eigenvalue weighted by Gasteiger charge is -2.03. The summed E-state index contributed by atoms with van der Waals surface area (Å²) in [7, 11) is -3.27. The van der Waals surface area contributed by atoms with Gasteiger partial charge in [0.15, 0.2) is 26.1 Å². The molecular weight excluding hydrogens is 412 g/mol. The number of hydrogen-bond donors (Lipinski definition) is 0. The Kier molecular flexibility index (Phi) is 5.01. The Hall–Kier alpha value is -2.91. The van der Waals surface area contributed by atoms with Gasteiger partial charge in [-0.05, 0) is 17.7 Å². The molecule has 0 radical (unpaired) electrons. The van der Waals surface area contributed by atoms with E-state index in [1.165, 1.54) is 23.5 Å². The molecule has 0 bridgehead atoms. The first-order valence-electron chi connectivity index (χ1n) is 8.75. The van der Waals surface area contributed by atoms with Crippen molar-refractivity contribution >= 4 is 37.3 Å². The molecule has 0 aliphatic carbocycles. The molecule has 2 heterocycles. The summed E-state index contributed by atoms with van der Waals surface area (Å²) >= 11 is 1.39. The lowest BCUT2D eigenvalue weighted by atomic mass is 10.1. The lowest BCUT2D eigenvalue weighted by molar-refractivity contribution is -0.117. The zero-order chi connectivity index (χ0) is 20.6. The molecule has 0 spiro atoms. The number of amides is 1. The Morgan fingerprint density at radius 1 is 1.24 bits per heavy atom. The molecule has 1 aromatic heterocycles. The topological polar surface area (TPSA) is 87.0 Å². The minimum absolute atomic E-state index is 0.0785. The number of allylic oxidation sites excluding steroid dienone is 1. The van der Waals surface area contributed by atoms with Crippen molar-refractivity contribution in [2.75, 3.05) is 13.0 Å². The molecule has 0 N–H and O–H groups in total. The molecule has 4 rings (SSSR count). The summed E-state index contributed by atoms with van der Waals surface area (Å²) in [5.74, 6) is 1.02. The molecule has 7 nitrogen and oxygen atoms in total. The van der Waals surface area contributed by atoms with Crippen LogP contribution in [0.4, 0.5) is 0 Å². The Morgan fingerprint density at radius 3 is 2.59 bits per heavy atom. The van der Waals surface area contributed by atoms with Crippen molar-refractivity contribution in [2.45, 2.75) is 17.9 Å². The highest BCUT2D eigenvalue weighted by Gasteiger charge is 2.17. The molecule has 2 aromatic carbocycles.